The maximum absolute atomic E-state index is 12.8. The van der Waals surface area contributed by atoms with Crippen molar-refractivity contribution >= 4 is 11.7 Å². The Bertz CT molecular complexity index is 870. The van der Waals surface area contributed by atoms with E-state index in [1.807, 2.05) is 0 Å². The smallest absolute Gasteiger partial charge is 0.337 e. The van der Waals surface area contributed by atoms with Crippen molar-refractivity contribution in [3.8, 4) is 6.07 Å². The fraction of sp³-hybridized carbons (Fsp3) is 0.368. The quantitative estimate of drug-likeness (QED) is 0.503. The Hall–Kier alpha value is -3.14. The number of dihydropyridines is 1. The van der Waals surface area contributed by atoms with Gasteiger partial charge in [-0.15, -0.1) is 0 Å². The average molecular weight is 355 g/mol. The van der Waals surface area contributed by atoms with Crippen LogP contribution >= 0.6 is 0 Å². The number of nitrogens with one attached hydrogen (secondary N) is 1. The molecule has 1 atom stereocenters. The lowest BCUT2D eigenvalue weighted by Crippen LogP contribution is -2.32. The van der Waals surface area contributed by atoms with Crippen molar-refractivity contribution in [2.24, 2.45) is 0 Å². The Labute approximate surface area is 152 Å². The second-order valence-electron chi connectivity index (χ2n) is 7.10. The van der Waals surface area contributed by atoms with E-state index in [9.17, 15) is 20.2 Å². The first-order valence-corrected chi connectivity index (χ1v) is 8.11. The molecule has 1 aliphatic rings. The standard InChI is InChI=1S/C19H21N3O4/c1-11-15(10-20)17(13-7-6-8-14(9-13)22(24)25)16(12(2)21-11)18(23)26-19(3,4)5/h6-9,17,21H,1-5H3/t17-/m0/s1. The maximum atomic E-state index is 12.8. The number of ether oxygens (including phenoxy) is 1. The van der Waals surface area contributed by atoms with Crippen LogP contribution in [0.3, 0.4) is 0 Å². The second kappa shape index (κ2) is 7.00. The molecule has 0 radical (unpaired) electrons. The number of carbonyl (C=O) groups excluding carboxylic acids is 1. The molecule has 0 fully saturated rings. The molecular weight excluding hydrogens is 334 g/mol. The summed E-state index contributed by atoms with van der Waals surface area (Å²) in [4.78, 5) is 23.4. The summed E-state index contributed by atoms with van der Waals surface area (Å²) in [5.74, 6) is -1.28. The molecule has 0 spiro atoms. The number of nitro benzene ring substituents is 1. The predicted octanol–water partition coefficient (Wildman–Crippen LogP) is 3.69. The van der Waals surface area contributed by atoms with Crippen LogP contribution in [0.25, 0.3) is 0 Å². The fourth-order valence-electron chi connectivity index (χ4n) is 2.90. The first-order chi connectivity index (χ1) is 12.0. The lowest BCUT2D eigenvalue weighted by Gasteiger charge is -2.30. The molecule has 7 nitrogen and oxygen atoms in total. The van der Waals surface area contributed by atoms with Crippen LogP contribution in [0.15, 0.2) is 46.8 Å². The molecular formula is C19H21N3O4. The van der Waals surface area contributed by atoms with Gasteiger partial charge in [0.15, 0.2) is 0 Å². The predicted molar refractivity (Wildman–Crippen MR) is 95.8 cm³/mol. The van der Waals surface area contributed by atoms with E-state index in [4.69, 9.17) is 4.74 Å². The number of nitrogens with zero attached hydrogens (tertiary/aromatic N) is 2. The van der Waals surface area contributed by atoms with Gasteiger partial charge in [0, 0.05) is 23.5 Å². The average Bonchev–Trinajstić information content (AvgIpc) is 2.52. The van der Waals surface area contributed by atoms with E-state index in [1.165, 1.54) is 12.1 Å². The number of non-ortho nitro benzene ring substituents is 1. The number of carbonyl (C=O) groups is 1. The molecule has 1 heterocycles. The van der Waals surface area contributed by atoms with E-state index >= 15 is 0 Å². The molecule has 0 unspecified atom stereocenters. The van der Waals surface area contributed by atoms with Crippen LogP contribution < -0.4 is 5.32 Å². The van der Waals surface area contributed by atoms with Crippen LogP contribution in [0.5, 0.6) is 0 Å². The number of hydrogen-bond acceptors (Lipinski definition) is 6. The number of nitro groups is 1. The van der Waals surface area contributed by atoms with Gasteiger partial charge >= 0.3 is 5.97 Å². The molecule has 136 valence electrons. The minimum absolute atomic E-state index is 0.0998. The highest BCUT2D eigenvalue weighted by molar-refractivity contribution is 5.93. The molecule has 7 heteroatoms. The summed E-state index contributed by atoms with van der Waals surface area (Å²) < 4.78 is 5.50. The summed E-state index contributed by atoms with van der Waals surface area (Å²) in [6, 6.07) is 8.10. The molecule has 0 aromatic heterocycles. The summed E-state index contributed by atoms with van der Waals surface area (Å²) in [5, 5.41) is 23.8. The van der Waals surface area contributed by atoms with E-state index in [-0.39, 0.29) is 11.3 Å². The third kappa shape index (κ3) is 3.91. The van der Waals surface area contributed by atoms with Gasteiger partial charge in [0.2, 0.25) is 0 Å². The highest BCUT2D eigenvalue weighted by Gasteiger charge is 2.36. The zero-order valence-corrected chi connectivity index (χ0v) is 15.4. The number of rotatable bonds is 3. The lowest BCUT2D eigenvalue weighted by atomic mass is 9.81. The Morgan fingerprint density at radius 2 is 1.96 bits per heavy atom. The Morgan fingerprint density at radius 3 is 2.50 bits per heavy atom. The van der Waals surface area contributed by atoms with Crippen molar-refractivity contribution in [3.63, 3.8) is 0 Å². The third-order valence-electron chi connectivity index (χ3n) is 3.91. The molecule has 1 aromatic carbocycles. The van der Waals surface area contributed by atoms with E-state index in [1.54, 1.807) is 46.8 Å². The number of hydrogen-bond donors (Lipinski definition) is 1. The van der Waals surface area contributed by atoms with Crippen molar-refractivity contribution < 1.29 is 14.5 Å². The minimum Gasteiger partial charge on any atom is -0.457 e. The lowest BCUT2D eigenvalue weighted by molar-refractivity contribution is -0.384. The molecule has 0 aliphatic carbocycles. The minimum atomic E-state index is -0.726. The van der Waals surface area contributed by atoms with E-state index in [0.717, 1.165) is 0 Å². The van der Waals surface area contributed by atoms with Gasteiger partial charge < -0.3 is 10.1 Å². The molecule has 1 N–H and O–H groups in total. The number of nitriles is 1. The number of allylic oxidation sites excluding steroid dienone is 3. The van der Waals surface area contributed by atoms with Gasteiger partial charge in [-0.05, 0) is 40.2 Å². The normalized spacial score (nSPS) is 17.5. The summed E-state index contributed by atoms with van der Waals surface area (Å²) >= 11 is 0. The maximum Gasteiger partial charge on any atom is 0.337 e. The highest BCUT2D eigenvalue weighted by Crippen LogP contribution is 2.39. The molecule has 1 aromatic rings. The van der Waals surface area contributed by atoms with Gasteiger partial charge in [-0.2, -0.15) is 5.26 Å². The Balaban J connectivity index is 2.63. The molecule has 0 bridgehead atoms. The summed E-state index contributed by atoms with van der Waals surface area (Å²) in [7, 11) is 0. The third-order valence-corrected chi connectivity index (χ3v) is 3.91. The summed E-state index contributed by atoms with van der Waals surface area (Å²) in [6.07, 6.45) is 0. The highest BCUT2D eigenvalue weighted by atomic mass is 16.6. The van der Waals surface area contributed by atoms with Crippen LogP contribution in [-0.2, 0) is 9.53 Å². The SMILES string of the molecule is CC1=C(C#N)[C@H](c2cccc([N+](=O)[O-])c2)C(C(=O)OC(C)(C)C)=C(C)N1. The van der Waals surface area contributed by atoms with Crippen molar-refractivity contribution in [2.45, 2.75) is 46.1 Å². The number of benzene rings is 1. The molecule has 0 saturated carbocycles. The van der Waals surface area contributed by atoms with Crippen LogP contribution in [0.2, 0.25) is 0 Å². The monoisotopic (exact) mass is 355 g/mol. The van der Waals surface area contributed by atoms with Crippen molar-refractivity contribution in [3.05, 3.63) is 62.5 Å². The van der Waals surface area contributed by atoms with E-state index in [0.29, 0.717) is 22.5 Å². The van der Waals surface area contributed by atoms with Gasteiger partial charge in [-0.3, -0.25) is 10.1 Å². The van der Waals surface area contributed by atoms with Crippen LogP contribution in [0.1, 0.15) is 46.1 Å². The van der Waals surface area contributed by atoms with E-state index in [2.05, 4.69) is 11.4 Å². The van der Waals surface area contributed by atoms with Crippen LogP contribution in [-0.4, -0.2) is 16.5 Å². The van der Waals surface area contributed by atoms with Crippen LogP contribution in [0, 0.1) is 21.4 Å². The Kier molecular flexibility index (Phi) is 5.17. The summed E-state index contributed by atoms with van der Waals surface area (Å²) in [5.41, 5.74) is 1.47. The van der Waals surface area contributed by atoms with Gasteiger partial charge in [0.25, 0.3) is 5.69 Å². The second-order valence-corrected chi connectivity index (χ2v) is 7.10. The molecule has 26 heavy (non-hydrogen) atoms. The van der Waals surface area contributed by atoms with Gasteiger partial charge in [-0.25, -0.2) is 4.79 Å². The summed E-state index contributed by atoms with van der Waals surface area (Å²) in [6.45, 7) is 8.72. The first kappa shape index (κ1) is 19.2. The van der Waals surface area contributed by atoms with E-state index < -0.39 is 22.4 Å². The molecule has 0 amide bonds. The van der Waals surface area contributed by atoms with Gasteiger partial charge in [-0.1, -0.05) is 12.1 Å². The first-order valence-electron chi connectivity index (χ1n) is 8.11. The molecule has 1 aliphatic heterocycles. The zero-order valence-electron chi connectivity index (χ0n) is 15.4. The topological polar surface area (TPSA) is 105 Å². The van der Waals surface area contributed by atoms with Gasteiger partial charge in [0.05, 0.1) is 28.1 Å². The van der Waals surface area contributed by atoms with Crippen molar-refractivity contribution in [2.75, 3.05) is 0 Å². The fourth-order valence-corrected chi connectivity index (χ4v) is 2.90. The van der Waals surface area contributed by atoms with Crippen molar-refractivity contribution in [1.29, 1.82) is 5.26 Å². The Morgan fingerprint density at radius 1 is 1.31 bits per heavy atom. The number of esters is 1. The molecule has 0 saturated heterocycles. The largest absolute Gasteiger partial charge is 0.457 e. The molecule has 2 rings (SSSR count). The van der Waals surface area contributed by atoms with Gasteiger partial charge in [0.1, 0.15) is 5.60 Å². The van der Waals surface area contributed by atoms with Crippen molar-refractivity contribution in [1.82, 2.24) is 5.32 Å². The zero-order chi connectivity index (χ0) is 19.6. The van der Waals surface area contributed by atoms with Crippen LogP contribution in [0.4, 0.5) is 5.69 Å².